The van der Waals surface area contributed by atoms with Crippen molar-refractivity contribution < 1.29 is 18.3 Å². The van der Waals surface area contributed by atoms with Crippen LogP contribution in [0.1, 0.15) is 36.2 Å². The van der Waals surface area contributed by atoms with E-state index in [1.807, 2.05) is 0 Å². The van der Waals surface area contributed by atoms with E-state index in [1.54, 1.807) is 6.92 Å². The van der Waals surface area contributed by atoms with Crippen molar-refractivity contribution in [2.45, 2.75) is 20.3 Å². The van der Waals surface area contributed by atoms with Gasteiger partial charge >= 0.3 is 0 Å². The molecule has 16 heavy (non-hydrogen) atoms. The van der Waals surface area contributed by atoms with E-state index in [1.165, 1.54) is 13.0 Å². The number of halogens is 2. The van der Waals surface area contributed by atoms with Gasteiger partial charge in [0.05, 0.1) is 12.3 Å². The molecule has 0 radical (unpaired) electrons. The van der Waals surface area contributed by atoms with Gasteiger partial charge in [-0.25, -0.2) is 8.78 Å². The lowest BCUT2D eigenvalue weighted by molar-refractivity contribution is 0.101. The third kappa shape index (κ3) is 2.48. The summed E-state index contributed by atoms with van der Waals surface area (Å²) in [4.78, 5) is 11.2. The maximum Gasteiger partial charge on any atom is 0.265 e. The Morgan fingerprint density at radius 2 is 2.12 bits per heavy atom. The van der Waals surface area contributed by atoms with Crippen LogP contribution in [-0.2, 0) is 0 Å². The molecule has 0 saturated heterocycles. The molecule has 3 nitrogen and oxygen atoms in total. The largest absolute Gasteiger partial charge is 0.494 e. The molecule has 0 saturated carbocycles. The maximum atomic E-state index is 12.6. The zero-order valence-electron chi connectivity index (χ0n) is 9.09. The second kappa shape index (κ2) is 4.92. The summed E-state index contributed by atoms with van der Waals surface area (Å²) in [6.07, 6.45) is -2.72. The molecule has 5 heteroatoms. The molecule has 0 amide bonds. The monoisotopic (exact) mass is 229 g/mol. The number of nitrogen functional groups attached to an aromatic ring is 1. The van der Waals surface area contributed by atoms with Gasteiger partial charge < -0.3 is 10.5 Å². The van der Waals surface area contributed by atoms with Crippen molar-refractivity contribution in [1.82, 2.24) is 0 Å². The molecule has 0 atom stereocenters. The molecule has 0 aromatic heterocycles. The molecular weight excluding hydrogens is 216 g/mol. The molecule has 2 N–H and O–H groups in total. The molecule has 0 spiro atoms. The van der Waals surface area contributed by atoms with Gasteiger partial charge in [-0.05, 0) is 26.0 Å². The number of alkyl halides is 2. The molecule has 1 rings (SSSR count). The van der Waals surface area contributed by atoms with Gasteiger partial charge in [-0.15, -0.1) is 0 Å². The van der Waals surface area contributed by atoms with Crippen LogP contribution in [0.2, 0.25) is 0 Å². The lowest BCUT2D eigenvalue weighted by atomic mass is 10.0. The quantitative estimate of drug-likeness (QED) is 0.638. The first-order valence-corrected chi connectivity index (χ1v) is 4.82. The molecular formula is C11H13F2NO2. The van der Waals surface area contributed by atoms with Crippen LogP contribution in [0.25, 0.3) is 0 Å². The van der Waals surface area contributed by atoms with Crippen molar-refractivity contribution in [1.29, 1.82) is 0 Å². The van der Waals surface area contributed by atoms with Crippen LogP contribution in [0.15, 0.2) is 12.1 Å². The zero-order chi connectivity index (χ0) is 12.3. The topological polar surface area (TPSA) is 52.3 Å². The van der Waals surface area contributed by atoms with E-state index in [0.717, 1.165) is 6.07 Å². The normalized spacial score (nSPS) is 10.6. The van der Waals surface area contributed by atoms with Crippen molar-refractivity contribution >= 4 is 11.5 Å². The smallest absolute Gasteiger partial charge is 0.265 e. The van der Waals surface area contributed by atoms with Gasteiger partial charge in [0.1, 0.15) is 5.75 Å². The second-order valence-corrected chi connectivity index (χ2v) is 3.26. The predicted octanol–water partition coefficient (Wildman–Crippen LogP) is 2.81. The number of anilines is 1. The summed E-state index contributed by atoms with van der Waals surface area (Å²) in [5.74, 6) is -0.127. The summed E-state index contributed by atoms with van der Waals surface area (Å²) in [5.41, 5.74) is 5.02. The Hall–Kier alpha value is -1.65. The van der Waals surface area contributed by atoms with Gasteiger partial charge in [0.25, 0.3) is 6.43 Å². The number of nitrogens with two attached hydrogens (primary N) is 1. The summed E-state index contributed by atoms with van der Waals surface area (Å²) in [7, 11) is 0. The van der Waals surface area contributed by atoms with Crippen LogP contribution < -0.4 is 10.5 Å². The van der Waals surface area contributed by atoms with Gasteiger partial charge in [-0.3, -0.25) is 4.79 Å². The van der Waals surface area contributed by atoms with E-state index in [2.05, 4.69) is 0 Å². The third-order valence-corrected chi connectivity index (χ3v) is 2.11. The molecule has 0 aliphatic carbocycles. The Bertz CT molecular complexity index is 405. The van der Waals surface area contributed by atoms with Gasteiger partial charge in [-0.2, -0.15) is 0 Å². The first kappa shape index (κ1) is 12.4. The number of hydrogen-bond donors (Lipinski definition) is 1. The van der Waals surface area contributed by atoms with E-state index < -0.39 is 6.43 Å². The number of rotatable bonds is 4. The first-order chi connectivity index (χ1) is 7.47. The van der Waals surface area contributed by atoms with Crippen LogP contribution in [-0.4, -0.2) is 12.4 Å². The highest BCUT2D eigenvalue weighted by molar-refractivity contribution is 6.00. The molecule has 1 aromatic rings. The van der Waals surface area contributed by atoms with Crippen molar-refractivity contribution in [2.75, 3.05) is 12.3 Å². The van der Waals surface area contributed by atoms with E-state index >= 15 is 0 Å². The van der Waals surface area contributed by atoms with E-state index in [0.29, 0.717) is 6.61 Å². The first-order valence-electron chi connectivity index (χ1n) is 4.82. The average molecular weight is 229 g/mol. The number of carbonyl (C=O) groups is 1. The summed E-state index contributed by atoms with van der Waals surface area (Å²) in [5, 5.41) is 0. The fourth-order valence-corrected chi connectivity index (χ4v) is 1.37. The van der Waals surface area contributed by atoms with E-state index in [-0.39, 0.29) is 28.3 Å². The summed E-state index contributed by atoms with van der Waals surface area (Å²) < 4.78 is 30.4. The summed E-state index contributed by atoms with van der Waals surface area (Å²) >= 11 is 0. The summed E-state index contributed by atoms with van der Waals surface area (Å²) in [6.45, 7) is 3.34. The fraction of sp³-hybridized carbons (Fsp3) is 0.364. The highest BCUT2D eigenvalue weighted by Crippen LogP contribution is 2.32. The third-order valence-electron chi connectivity index (χ3n) is 2.11. The number of benzene rings is 1. The SMILES string of the molecule is CCOc1cc(C(C)=O)c(N)c(C(F)F)c1. The Labute approximate surface area is 92.2 Å². The molecule has 0 aliphatic rings. The Balaban J connectivity index is 3.33. The molecule has 88 valence electrons. The molecule has 0 aliphatic heterocycles. The average Bonchev–Trinajstić information content (AvgIpc) is 2.19. The van der Waals surface area contributed by atoms with Crippen molar-refractivity contribution in [3.8, 4) is 5.75 Å². The van der Waals surface area contributed by atoms with Gasteiger partial charge in [0, 0.05) is 11.1 Å². The minimum Gasteiger partial charge on any atom is -0.494 e. The Kier molecular flexibility index (Phi) is 3.82. The molecule has 0 fully saturated rings. The van der Waals surface area contributed by atoms with Crippen molar-refractivity contribution in [3.63, 3.8) is 0 Å². The molecule has 0 heterocycles. The standard InChI is InChI=1S/C11H13F2NO2/c1-3-16-7-4-8(6(2)15)10(14)9(5-7)11(12)13/h4-5,11H,3,14H2,1-2H3. The van der Waals surface area contributed by atoms with Crippen LogP contribution >= 0.6 is 0 Å². The van der Waals surface area contributed by atoms with E-state index in [4.69, 9.17) is 10.5 Å². The Morgan fingerprint density at radius 3 is 2.56 bits per heavy atom. The summed E-state index contributed by atoms with van der Waals surface area (Å²) in [6, 6.07) is 2.54. The molecule has 1 aromatic carbocycles. The van der Waals surface area contributed by atoms with Crippen molar-refractivity contribution in [2.24, 2.45) is 0 Å². The van der Waals surface area contributed by atoms with Crippen molar-refractivity contribution in [3.05, 3.63) is 23.3 Å². The minimum absolute atomic E-state index is 0.0706. The Morgan fingerprint density at radius 1 is 1.50 bits per heavy atom. The highest BCUT2D eigenvalue weighted by atomic mass is 19.3. The lowest BCUT2D eigenvalue weighted by Gasteiger charge is -2.12. The fourth-order valence-electron chi connectivity index (χ4n) is 1.37. The van der Waals surface area contributed by atoms with Gasteiger partial charge in [0.2, 0.25) is 0 Å². The lowest BCUT2D eigenvalue weighted by Crippen LogP contribution is -2.06. The number of ketones is 1. The predicted molar refractivity (Wildman–Crippen MR) is 57.0 cm³/mol. The second-order valence-electron chi connectivity index (χ2n) is 3.26. The molecule has 0 bridgehead atoms. The van der Waals surface area contributed by atoms with Crippen LogP contribution in [0.5, 0.6) is 5.75 Å². The van der Waals surface area contributed by atoms with Crippen LogP contribution in [0.4, 0.5) is 14.5 Å². The number of Topliss-reactive ketones (excluding diaryl/α,β-unsaturated/α-hetero) is 1. The maximum absolute atomic E-state index is 12.6. The number of carbonyl (C=O) groups excluding carboxylic acids is 1. The van der Waals surface area contributed by atoms with Crippen LogP contribution in [0, 0.1) is 0 Å². The zero-order valence-corrected chi connectivity index (χ0v) is 9.09. The highest BCUT2D eigenvalue weighted by Gasteiger charge is 2.18. The number of ether oxygens (including phenoxy) is 1. The van der Waals surface area contributed by atoms with E-state index in [9.17, 15) is 13.6 Å². The number of hydrogen-bond acceptors (Lipinski definition) is 3. The molecule has 0 unspecified atom stereocenters. The minimum atomic E-state index is -2.72. The van der Waals surface area contributed by atoms with Crippen LogP contribution in [0.3, 0.4) is 0 Å². The van der Waals surface area contributed by atoms with Gasteiger partial charge in [-0.1, -0.05) is 0 Å². The van der Waals surface area contributed by atoms with Gasteiger partial charge in [0.15, 0.2) is 5.78 Å².